The largest absolute Gasteiger partial charge is 0.491 e. The van der Waals surface area contributed by atoms with Crippen LogP contribution in [0.25, 0.3) is 22.0 Å². The molecule has 129 heavy (non-hydrogen) atoms. The van der Waals surface area contributed by atoms with Gasteiger partial charge in [0.2, 0.25) is 10.0 Å². The monoisotopic (exact) mass is 1810 g/mol. The van der Waals surface area contributed by atoms with E-state index in [1.165, 1.54) is 86.6 Å². The first-order valence-corrected chi connectivity index (χ1v) is 44.3. The predicted octanol–water partition coefficient (Wildman–Crippen LogP) is 24.3. The van der Waals surface area contributed by atoms with Crippen LogP contribution >= 0.6 is 11.6 Å². The van der Waals surface area contributed by atoms with Gasteiger partial charge in [0.25, 0.3) is 11.8 Å². The van der Waals surface area contributed by atoms with E-state index < -0.39 is 34.0 Å². The van der Waals surface area contributed by atoms with E-state index in [1.807, 2.05) is 158 Å². The number of nitrogens with zero attached hydrogens (tertiary/aromatic N) is 4. The van der Waals surface area contributed by atoms with Crippen molar-refractivity contribution >= 4 is 78.3 Å². The van der Waals surface area contributed by atoms with Gasteiger partial charge < -0.3 is 43.8 Å². The van der Waals surface area contributed by atoms with Crippen LogP contribution in [0.3, 0.4) is 0 Å². The maximum Gasteiger partial charge on any atom is 0.387 e. The molecule has 4 N–H and O–H groups in total. The summed E-state index contributed by atoms with van der Waals surface area (Å²) in [5.41, 5.74) is 26.6. The van der Waals surface area contributed by atoms with Crippen LogP contribution in [0.4, 0.5) is 39.0 Å². The molecule has 688 valence electrons. The Labute approximate surface area is 763 Å². The Bertz CT molecular complexity index is 5830. The first-order chi connectivity index (χ1) is 60.6. The van der Waals surface area contributed by atoms with Crippen molar-refractivity contribution in [2.45, 2.75) is 165 Å². The van der Waals surface area contributed by atoms with Crippen LogP contribution in [0.1, 0.15) is 160 Å². The molecule has 11 aromatic carbocycles. The number of morpholine rings is 2. The first-order valence-electron chi connectivity index (χ1n) is 42.1. The number of fused-ring (bicyclic) bond motifs is 4. The highest BCUT2D eigenvalue weighted by molar-refractivity contribution is 7.92. The van der Waals surface area contributed by atoms with Crippen LogP contribution in [0.15, 0.2) is 211 Å². The predicted molar refractivity (Wildman–Crippen MR) is 515 cm³/mol. The minimum atomic E-state index is -3.14. The highest BCUT2D eigenvalue weighted by Crippen LogP contribution is 2.29. The number of rotatable bonds is 9. The third-order valence-electron chi connectivity index (χ3n) is 19.8. The molecule has 6 heterocycles. The number of ether oxygens (including phenoxy) is 4. The van der Waals surface area contributed by atoms with Crippen molar-refractivity contribution in [1.82, 2.24) is 25.8 Å². The fourth-order valence-corrected chi connectivity index (χ4v) is 14.0. The number of aromatic nitrogens is 3. The number of Topliss-reactive ketones (excluding diaryl/α,β-unsaturated/α-hetero) is 1. The molecule has 25 heteroatoms. The number of halogens is 6. The Kier molecular flexibility index (Phi) is 42.3. The number of anilines is 3. The van der Waals surface area contributed by atoms with Gasteiger partial charge in [-0.05, 0) is 288 Å². The summed E-state index contributed by atoms with van der Waals surface area (Å²) in [5.74, 6) is -0.150. The van der Waals surface area contributed by atoms with Gasteiger partial charge in [0.05, 0.1) is 66.3 Å². The number of sulfonamides is 1. The second kappa shape index (κ2) is 51.7. The fourth-order valence-electron chi connectivity index (χ4n) is 13.1. The first kappa shape index (κ1) is 106. The van der Waals surface area contributed by atoms with Crippen molar-refractivity contribution in [3.8, 4) is 11.5 Å². The smallest absolute Gasteiger partial charge is 0.387 e. The molecule has 0 bridgehead atoms. The highest BCUT2D eigenvalue weighted by atomic mass is 35.5. The van der Waals surface area contributed by atoms with Gasteiger partial charge in [-0.3, -0.25) is 24.2 Å². The summed E-state index contributed by atoms with van der Waals surface area (Å²) in [4.78, 5) is 41.4. The van der Waals surface area contributed by atoms with Gasteiger partial charge in [-0.25, -0.2) is 26.6 Å². The quantitative estimate of drug-likeness (QED) is 0.0780. The molecule has 2 fully saturated rings. The molecule has 0 unspecified atom stereocenters. The lowest BCUT2D eigenvalue weighted by molar-refractivity contribution is -0.0522. The molecule has 4 aliphatic heterocycles. The summed E-state index contributed by atoms with van der Waals surface area (Å²) in [6, 6.07) is 64.0. The second-order valence-electron chi connectivity index (χ2n) is 32.0. The molecule has 0 spiro atoms. The lowest BCUT2D eigenvalue weighted by Gasteiger charge is -2.29. The maximum atomic E-state index is 13.6. The van der Waals surface area contributed by atoms with Gasteiger partial charge in [0.1, 0.15) is 22.9 Å². The van der Waals surface area contributed by atoms with E-state index in [4.69, 9.17) is 30.2 Å². The average Bonchev–Trinajstić information content (AvgIpc) is 1.53. The number of alkyl halides is 2. The standard InChI is InChI=1S/C11H14ClNO.C11H14FNO.C11H16O.C9H9FO.C9H10N2.3C9H9NO.C9H12.C8H7F3O.C8H11NO2S.CH4/c2*1-9-2-3-11(10(12)8-9)13-4-6-14-7-5-13;1-8(2)12-11-6-5-9(3)7-10(11)4;1-6-3-4-8(7(2)11)9(10)5-6;1-6-3-4-8-7(2)10-11-9(8)5-6;1-6-3-4-8-9(5-6)11-7(2)10-8;1-6-2-3-8-7(4-6)5-10-9(8)11;1-6-2-3-7-5-10-9(11)8(7)4-6;1-7-4-5-8(2)9(3)6-7;1-5-2-3-7(6(9)4-5)12-8(10)11;1-7-4-3-5-8(6-7)9-12(2,10)11;/h2*2-3,8H,4-7H2,1H3;5-8H,1-4H3;3-5H,1-2H3;3-5H,1-2H3,(H,10,11);3-5H,1-2H3;2*2-4H,5H2,1H3,(H,10,11);4-6H,1-3H3;2-4,8H,1H3;3-6,9H,1-2H3;1H4. The van der Waals surface area contributed by atoms with E-state index in [-0.39, 0.29) is 42.5 Å². The molecule has 17 rings (SSSR count). The van der Waals surface area contributed by atoms with Crippen molar-refractivity contribution in [3.05, 3.63) is 346 Å². The number of ketones is 1. The second-order valence-corrected chi connectivity index (χ2v) is 34.1. The number of hydrogen-bond donors (Lipinski definition) is 4. The van der Waals surface area contributed by atoms with Crippen LogP contribution in [0.2, 0.25) is 5.02 Å². The number of hydrogen-bond acceptors (Lipinski definition) is 14. The van der Waals surface area contributed by atoms with Crippen LogP contribution in [-0.2, 0) is 32.6 Å². The van der Waals surface area contributed by atoms with Crippen molar-refractivity contribution in [1.29, 1.82) is 0 Å². The van der Waals surface area contributed by atoms with E-state index in [2.05, 4.69) is 149 Å². The zero-order valence-corrected chi connectivity index (χ0v) is 78.5. The average molecular weight is 1810 g/mol. The molecule has 0 atom stereocenters. The van der Waals surface area contributed by atoms with Crippen molar-refractivity contribution < 1.29 is 68.1 Å². The van der Waals surface area contributed by atoms with Gasteiger partial charge in [0.15, 0.2) is 28.8 Å². The minimum Gasteiger partial charge on any atom is -0.491 e. The number of amides is 2. The summed E-state index contributed by atoms with van der Waals surface area (Å²) in [7, 11) is -3.14. The Hall–Kier alpha value is -12.2. The van der Waals surface area contributed by atoms with Crippen molar-refractivity contribution in [2.24, 2.45) is 0 Å². The summed E-state index contributed by atoms with van der Waals surface area (Å²) in [5, 5.41) is 14.7. The number of carbonyl (C=O) groups is 3. The summed E-state index contributed by atoms with van der Waals surface area (Å²) < 4.78 is 112. The SMILES string of the molecule is C.CC(=O)c1ccc(C)cc1F.Cc1ccc(C)c(C)c1.Cc1ccc(N2CCOCC2)c(Cl)c1.Cc1ccc(N2CCOCC2)c(F)c1.Cc1ccc(OC(C)C)c(C)c1.Cc1ccc(OC(F)F)c(F)c1.Cc1ccc2c(C)[nH]nc2c1.Cc1ccc2c(c1)C(=O)NC2.Cc1ccc2c(c1)CNC2=O.Cc1ccc2nc(C)oc2c1.Cc1cccc(NS(C)(=O)=O)c1. The van der Waals surface area contributed by atoms with E-state index in [1.54, 1.807) is 38.1 Å². The molecule has 4 aliphatic rings. The molecule has 18 nitrogen and oxygen atoms in total. The van der Waals surface area contributed by atoms with E-state index in [9.17, 15) is 44.8 Å². The molecule has 2 saturated heterocycles. The molecule has 2 aromatic heterocycles. The molecule has 0 saturated carbocycles. The lowest BCUT2D eigenvalue weighted by atomic mass is 10.1. The molecule has 13 aromatic rings. The summed E-state index contributed by atoms with van der Waals surface area (Å²) in [6.45, 7) is 42.1. The number of H-pyrrole nitrogens is 1. The third-order valence-corrected chi connectivity index (χ3v) is 20.7. The van der Waals surface area contributed by atoms with E-state index in [0.29, 0.717) is 43.2 Å². The van der Waals surface area contributed by atoms with Gasteiger partial charge >= 0.3 is 6.61 Å². The number of carbonyl (C=O) groups excluding carboxylic acids is 3. The van der Waals surface area contributed by atoms with E-state index in [0.717, 1.165) is 141 Å². The number of nitrogens with one attached hydrogen (secondary N) is 4. The Morgan fingerprint density at radius 1 is 0.481 bits per heavy atom. The van der Waals surface area contributed by atoms with Crippen LogP contribution in [0, 0.1) is 128 Å². The molecule has 2 amide bonds. The maximum absolute atomic E-state index is 13.6. The van der Waals surface area contributed by atoms with Crippen molar-refractivity contribution in [3.63, 3.8) is 0 Å². The zero-order chi connectivity index (χ0) is 94.1. The van der Waals surface area contributed by atoms with Crippen LogP contribution in [0.5, 0.6) is 11.5 Å². The third kappa shape index (κ3) is 36.1. The molecular formula is C104H124ClF5N8O10S. The van der Waals surface area contributed by atoms with Gasteiger partial charge in [-0.2, -0.15) is 13.9 Å². The highest BCUT2D eigenvalue weighted by Gasteiger charge is 2.21. The van der Waals surface area contributed by atoms with Gasteiger partial charge in [-0.1, -0.05) is 150 Å². The van der Waals surface area contributed by atoms with Gasteiger partial charge in [0, 0.05) is 74.1 Å². The normalized spacial score (nSPS) is 12.5. The van der Waals surface area contributed by atoms with E-state index >= 15 is 0 Å². The zero-order valence-electron chi connectivity index (χ0n) is 76.9. The van der Waals surface area contributed by atoms with Crippen LogP contribution < -0.4 is 34.6 Å². The lowest BCUT2D eigenvalue weighted by Crippen LogP contribution is -2.36. The number of oxazole rings is 1. The number of aryl methyl sites for hydroxylation is 16. The summed E-state index contributed by atoms with van der Waals surface area (Å²) >= 11 is 6.18. The van der Waals surface area contributed by atoms with Gasteiger partial charge in [-0.15, -0.1) is 0 Å². The Balaban J connectivity index is 0.000000219. The fraction of sp³-hybridized carbons (Fsp3) is 0.317. The minimum absolute atomic E-state index is 0. The van der Waals surface area contributed by atoms with Crippen LogP contribution in [-0.4, -0.2) is 113 Å². The molecule has 0 aliphatic carbocycles. The molecule has 0 radical (unpaired) electrons. The Morgan fingerprint density at radius 2 is 0.961 bits per heavy atom. The molecular weight excluding hydrogens is 1680 g/mol. The topological polar surface area (TPSA) is 220 Å². The summed E-state index contributed by atoms with van der Waals surface area (Å²) in [6.07, 6.45) is 1.39. The Morgan fingerprint density at radius 3 is 1.52 bits per heavy atom. The number of benzene rings is 11. The van der Waals surface area contributed by atoms with Crippen molar-refractivity contribution in [2.75, 3.05) is 73.4 Å². The number of aromatic amines is 1.